The Bertz CT molecular complexity index is 706. The van der Waals surface area contributed by atoms with E-state index in [0.29, 0.717) is 37.7 Å². The van der Waals surface area contributed by atoms with Gasteiger partial charge in [-0.2, -0.15) is 4.31 Å². The first-order valence-electron chi connectivity index (χ1n) is 8.20. The Morgan fingerprint density at radius 1 is 1.25 bits per heavy atom. The molecule has 0 saturated carbocycles. The molecule has 1 aromatic rings. The Balaban J connectivity index is 1.78. The molecular weight excluding hydrogens is 330 g/mol. The lowest BCUT2D eigenvalue weighted by molar-refractivity contribution is 0.0588. The molecule has 1 aromatic heterocycles. The molecule has 2 atom stereocenters. The first kappa shape index (κ1) is 17.1. The van der Waals surface area contributed by atoms with Crippen LogP contribution in [0, 0.1) is 5.92 Å². The van der Waals surface area contributed by atoms with Crippen LogP contribution in [0.2, 0.25) is 0 Å². The number of piperidine rings is 1. The van der Waals surface area contributed by atoms with Crippen LogP contribution in [-0.2, 0) is 10.0 Å². The highest BCUT2D eigenvalue weighted by molar-refractivity contribution is 7.88. The summed E-state index contributed by atoms with van der Waals surface area (Å²) in [5.41, 5.74) is 0.440. The molecule has 132 valence electrons. The maximum Gasteiger partial charge on any atom is 0.257 e. The smallest absolute Gasteiger partial charge is 0.257 e. The van der Waals surface area contributed by atoms with Gasteiger partial charge < -0.3 is 10.2 Å². The second-order valence-electron chi connectivity index (χ2n) is 6.46. The van der Waals surface area contributed by atoms with Crippen molar-refractivity contribution in [2.24, 2.45) is 5.92 Å². The van der Waals surface area contributed by atoms with Gasteiger partial charge in [-0.25, -0.2) is 18.4 Å². The fraction of sp³-hybridized carbons (Fsp3) is 0.667. The van der Waals surface area contributed by atoms with Crippen molar-refractivity contribution in [1.82, 2.24) is 19.2 Å². The standard InChI is InChI=1S/C15H23N5O3S/c1-3-16-15-17-6-12(7-18-15)14(21)20-9-11-4-5-13(20)10-19(8-11)24(2,22)23/h6-7,11,13H,3-5,8-10H2,1-2H3,(H,16,17,18)/t11-,13+/m0/s1. The van der Waals surface area contributed by atoms with E-state index < -0.39 is 10.0 Å². The molecule has 0 spiro atoms. The highest BCUT2D eigenvalue weighted by Crippen LogP contribution is 2.30. The molecule has 9 heteroatoms. The van der Waals surface area contributed by atoms with Gasteiger partial charge in [0.2, 0.25) is 16.0 Å². The number of aromatic nitrogens is 2. The number of anilines is 1. The zero-order chi connectivity index (χ0) is 17.3. The lowest BCUT2D eigenvalue weighted by Crippen LogP contribution is -2.47. The minimum atomic E-state index is -3.24. The van der Waals surface area contributed by atoms with E-state index in [-0.39, 0.29) is 17.9 Å². The van der Waals surface area contributed by atoms with Gasteiger partial charge in [-0.1, -0.05) is 0 Å². The molecular formula is C15H23N5O3S. The van der Waals surface area contributed by atoms with E-state index in [1.807, 2.05) is 6.92 Å². The van der Waals surface area contributed by atoms with Gasteiger partial charge in [0.05, 0.1) is 11.8 Å². The number of nitrogens with one attached hydrogen (secondary N) is 1. The number of rotatable bonds is 4. The monoisotopic (exact) mass is 353 g/mol. The summed E-state index contributed by atoms with van der Waals surface area (Å²) in [5.74, 6) is 0.558. The van der Waals surface area contributed by atoms with Crippen LogP contribution >= 0.6 is 0 Å². The van der Waals surface area contributed by atoms with Crippen molar-refractivity contribution in [2.75, 3.05) is 37.8 Å². The van der Waals surface area contributed by atoms with E-state index in [1.54, 1.807) is 4.90 Å². The predicted molar refractivity (Wildman–Crippen MR) is 90.2 cm³/mol. The Labute approximate surface area is 142 Å². The van der Waals surface area contributed by atoms with Crippen LogP contribution in [0.3, 0.4) is 0 Å². The summed E-state index contributed by atoms with van der Waals surface area (Å²) in [6.45, 7) is 4.12. The van der Waals surface area contributed by atoms with Gasteiger partial charge in [0.25, 0.3) is 5.91 Å². The largest absolute Gasteiger partial charge is 0.355 e. The van der Waals surface area contributed by atoms with Gasteiger partial charge in [-0.15, -0.1) is 0 Å². The molecule has 3 fully saturated rings. The molecule has 2 bridgehead atoms. The summed E-state index contributed by atoms with van der Waals surface area (Å²) >= 11 is 0. The SMILES string of the molecule is CCNc1ncc(C(=O)N2C[C@H]3CC[C@@H]2CN(S(C)(=O)=O)C3)cn1. The number of amides is 1. The van der Waals surface area contributed by atoms with Crippen molar-refractivity contribution < 1.29 is 13.2 Å². The third-order valence-corrected chi connectivity index (χ3v) is 5.88. The third kappa shape index (κ3) is 3.51. The Morgan fingerprint density at radius 3 is 2.58 bits per heavy atom. The van der Waals surface area contributed by atoms with Gasteiger partial charge in [0.1, 0.15) is 0 Å². The molecule has 0 aromatic carbocycles. The number of nitrogens with zero attached hydrogens (tertiary/aromatic N) is 4. The number of carbonyl (C=O) groups is 1. The topological polar surface area (TPSA) is 95.5 Å². The van der Waals surface area contributed by atoms with Crippen molar-refractivity contribution >= 4 is 21.9 Å². The number of hydrogen-bond acceptors (Lipinski definition) is 6. The van der Waals surface area contributed by atoms with E-state index in [2.05, 4.69) is 15.3 Å². The normalized spacial score (nSPS) is 24.7. The van der Waals surface area contributed by atoms with Crippen LogP contribution in [0.25, 0.3) is 0 Å². The molecule has 1 amide bonds. The molecule has 0 radical (unpaired) electrons. The summed E-state index contributed by atoms with van der Waals surface area (Å²) < 4.78 is 25.3. The van der Waals surface area contributed by atoms with E-state index in [9.17, 15) is 13.2 Å². The van der Waals surface area contributed by atoms with Crippen LogP contribution in [0.1, 0.15) is 30.1 Å². The maximum absolute atomic E-state index is 12.8. The van der Waals surface area contributed by atoms with Crippen molar-refractivity contribution in [3.8, 4) is 0 Å². The minimum Gasteiger partial charge on any atom is -0.355 e. The average Bonchev–Trinajstić information content (AvgIpc) is 2.87. The van der Waals surface area contributed by atoms with Gasteiger partial charge in [-0.3, -0.25) is 4.79 Å². The second-order valence-corrected chi connectivity index (χ2v) is 8.44. The molecule has 1 N–H and O–H groups in total. The zero-order valence-corrected chi connectivity index (χ0v) is 14.8. The number of hydrogen-bond donors (Lipinski definition) is 1. The van der Waals surface area contributed by atoms with E-state index in [4.69, 9.17) is 0 Å². The van der Waals surface area contributed by atoms with Gasteiger partial charge in [-0.05, 0) is 25.7 Å². The Hall–Kier alpha value is -1.74. The van der Waals surface area contributed by atoms with Gasteiger partial charge in [0.15, 0.2) is 0 Å². The van der Waals surface area contributed by atoms with Crippen LogP contribution in [0.15, 0.2) is 12.4 Å². The molecule has 4 heterocycles. The van der Waals surface area contributed by atoms with Gasteiger partial charge >= 0.3 is 0 Å². The molecule has 4 rings (SSSR count). The highest BCUT2D eigenvalue weighted by Gasteiger charge is 2.39. The number of sulfonamides is 1. The molecule has 3 saturated heterocycles. The van der Waals surface area contributed by atoms with Crippen molar-refractivity contribution in [3.05, 3.63) is 18.0 Å². The summed E-state index contributed by atoms with van der Waals surface area (Å²) in [6.07, 6.45) is 6.08. The molecule has 8 nitrogen and oxygen atoms in total. The van der Waals surface area contributed by atoms with Crippen molar-refractivity contribution in [2.45, 2.75) is 25.8 Å². The summed E-state index contributed by atoms with van der Waals surface area (Å²) in [5, 5.41) is 2.99. The van der Waals surface area contributed by atoms with Crippen LogP contribution in [0.4, 0.5) is 5.95 Å². The van der Waals surface area contributed by atoms with E-state index in [1.165, 1.54) is 23.0 Å². The number of carbonyl (C=O) groups excluding carboxylic acids is 1. The maximum atomic E-state index is 12.8. The quantitative estimate of drug-likeness (QED) is 0.842. The summed E-state index contributed by atoms with van der Waals surface area (Å²) in [6, 6.07) is -0.0839. The second kappa shape index (κ2) is 6.64. The predicted octanol–water partition coefficient (Wildman–Crippen LogP) is 0.404. The lowest BCUT2D eigenvalue weighted by Gasteiger charge is -2.36. The first-order chi connectivity index (χ1) is 11.4. The average molecular weight is 353 g/mol. The molecule has 0 aliphatic carbocycles. The van der Waals surface area contributed by atoms with E-state index >= 15 is 0 Å². The van der Waals surface area contributed by atoms with Gasteiger partial charge in [0, 0.05) is 44.6 Å². The molecule has 24 heavy (non-hydrogen) atoms. The summed E-state index contributed by atoms with van der Waals surface area (Å²) in [7, 11) is -3.24. The van der Waals surface area contributed by atoms with Crippen molar-refractivity contribution in [1.29, 1.82) is 0 Å². The lowest BCUT2D eigenvalue weighted by atomic mass is 9.94. The summed E-state index contributed by atoms with van der Waals surface area (Å²) in [4.78, 5) is 22.9. The van der Waals surface area contributed by atoms with Crippen LogP contribution in [0.5, 0.6) is 0 Å². The van der Waals surface area contributed by atoms with Crippen molar-refractivity contribution in [3.63, 3.8) is 0 Å². The molecule has 3 aliphatic heterocycles. The Kier molecular flexibility index (Phi) is 4.73. The third-order valence-electron chi connectivity index (χ3n) is 4.64. The molecule has 3 aliphatic rings. The molecule has 0 unspecified atom stereocenters. The zero-order valence-electron chi connectivity index (χ0n) is 14.0. The Morgan fingerprint density at radius 2 is 1.96 bits per heavy atom. The fourth-order valence-corrected chi connectivity index (χ4v) is 4.34. The highest BCUT2D eigenvalue weighted by atomic mass is 32.2. The van der Waals surface area contributed by atoms with Crippen LogP contribution in [-0.4, -0.2) is 72.0 Å². The van der Waals surface area contributed by atoms with E-state index in [0.717, 1.165) is 12.8 Å². The first-order valence-corrected chi connectivity index (χ1v) is 10.0. The minimum absolute atomic E-state index is 0.0839. The van der Waals surface area contributed by atoms with Crippen LogP contribution < -0.4 is 5.32 Å². The fourth-order valence-electron chi connectivity index (χ4n) is 3.41. The number of fused-ring (bicyclic) bond motifs is 4.